The van der Waals surface area contributed by atoms with E-state index < -0.39 is 12.1 Å². The Balaban J connectivity index is 1.93. The third-order valence-electron chi connectivity index (χ3n) is 3.55. The number of carbonyl (C=O) groups is 2. The minimum atomic E-state index is -0.694. The van der Waals surface area contributed by atoms with E-state index in [1.807, 2.05) is 48.9 Å². The van der Waals surface area contributed by atoms with Gasteiger partial charge in [0.25, 0.3) is 0 Å². The van der Waals surface area contributed by atoms with Gasteiger partial charge < -0.3 is 20.9 Å². The number of aromatic nitrogens is 2. The van der Waals surface area contributed by atoms with E-state index in [2.05, 4.69) is 15.6 Å². The number of carbonyl (C=O) groups excluding carboxylic acids is 2. The third-order valence-corrected chi connectivity index (χ3v) is 3.55. The van der Waals surface area contributed by atoms with Crippen LogP contribution in [0.25, 0.3) is 5.69 Å². The molecule has 1 aromatic heterocycles. The Hall–Kier alpha value is -2.83. The molecule has 0 saturated heterocycles. The number of hydrogen-bond donors (Lipinski definition) is 3. The maximum atomic E-state index is 12.2. The van der Waals surface area contributed by atoms with Gasteiger partial charge in [-0.05, 0) is 30.0 Å². The number of primary amides is 1. The van der Waals surface area contributed by atoms with E-state index in [1.165, 1.54) is 0 Å². The van der Waals surface area contributed by atoms with E-state index in [1.54, 1.807) is 12.5 Å². The van der Waals surface area contributed by atoms with Gasteiger partial charge in [0.1, 0.15) is 6.04 Å². The molecule has 3 amide bonds. The molecule has 0 spiro atoms. The zero-order chi connectivity index (χ0) is 17.5. The standard InChI is InChI=1S/C17H23N5O2/c1-12(2)9-15(21-17(18)24)16(23)20-10-13-3-5-14(6-4-13)22-8-7-19-11-22/h3-8,11-12,15H,9-10H2,1-2H3,(H,20,23)(H3,18,21,24). The highest BCUT2D eigenvalue weighted by atomic mass is 16.2. The van der Waals surface area contributed by atoms with Crippen molar-refractivity contribution in [2.24, 2.45) is 11.7 Å². The molecule has 1 atom stereocenters. The van der Waals surface area contributed by atoms with Crippen molar-refractivity contribution in [2.75, 3.05) is 0 Å². The minimum Gasteiger partial charge on any atom is -0.352 e. The Morgan fingerprint density at radius 1 is 1.25 bits per heavy atom. The number of nitrogens with zero attached hydrogens (tertiary/aromatic N) is 2. The zero-order valence-electron chi connectivity index (χ0n) is 13.9. The summed E-state index contributed by atoms with van der Waals surface area (Å²) in [6.07, 6.45) is 5.84. The molecule has 0 radical (unpaired) electrons. The van der Waals surface area contributed by atoms with Gasteiger partial charge in [0, 0.05) is 24.6 Å². The molecule has 1 aromatic carbocycles. The predicted molar refractivity (Wildman–Crippen MR) is 91.4 cm³/mol. The molecular weight excluding hydrogens is 306 g/mol. The van der Waals surface area contributed by atoms with Crippen LogP contribution in [0.3, 0.4) is 0 Å². The summed E-state index contributed by atoms with van der Waals surface area (Å²) < 4.78 is 1.90. The van der Waals surface area contributed by atoms with Crippen molar-refractivity contribution in [3.8, 4) is 5.69 Å². The Bertz CT molecular complexity index is 665. The molecule has 7 nitrogen and oxygen atoms in total. The van der Waals surface area contributed by atoms with Crippen LogP contribution in [-0.2, 0) is 11.3 Å². The molecule has 0 aliphatic heterocycles. The first-order chi connectivity index (χ1) is 11.5. The van der Waals surface area contributed by atoms with Gasteiger partial charge in [0.2, 0.25) is 5.91 Å². The van der Waals surface area contributed by atoms with E-state index in [4.69, 9.17) is 5.73 Å². The molecule has 0 aliphatic carbocycles. The molecule has 4 N–H and O–H groups in total. The summed E-state index contributed by atoms with van der Waals surface area (Å²) in [5, 5.41) is 5.33. The number of hydrogen-bond acceptors (Lipinski definition) is 3. The van der Waals surface area contributed by atoms with Crippen LogP contribution >= 0.6 is 0 Å². The van der Waals surface area contributed by atoms with E-state index >= 15 is 0 Å². The van der Waals surface area contributed by atoms with Gasteiger partial charge in [0.15, 0.2) is 0 Å². The smallest absolute Gasteiger partial charge is 0.312 e. The minimum absolute atomic E-state index is 0.235. The van der Waals surface area contributed by atoms with Crippen LogP contribution in [0.15, 0.2) is 43.0 Å². The first-order valence-electron chi connectivity index (χ1n) is 7.86. The number of nitrogens with one attached hydrogen (secondary N) is 2. The van der Waals surface area contributed by atoms with E-state index in [0.717, 1.165) is 11.3 Å². The molecule has 2 aromatic rings. The predicted octanol–water partition coefficient (Wildman–Crippen LogP) is 1.57. The van der Waals surface area contributed by atoms with Crippen molar-refractivity contribution in [2.45, 2.75) is 32.9 Å². The lowest BCUT2D eigenvalue weighted by Gasteiger charge is -2.19. The summed E-state index contributed by atoms with van der Waals surface area (Å²) in [6, 6.07) is 6.48. The van der Waals surface area contributed by atoms with Crippen LogP contribution in [0.1, 0.15) is 25.8 Å². The summed E-state index contributed by atoms with van der Waals surface area (Å²) in [5.41, 5.74) is 7.10. The van der Waals surface area contributed by atoms with Gasteiger partial charge in [-0.15, -0.1) is 0 Å². The maximum absolute atomic E-state index is 12.2. The number of urea groups is 1. The van der Waals surface area contributed by atoms with Crippen molar-refractivity contribution >= 4 is 11.9 Å². The Labute approximate surface area is 141 Å². The molecule has 7 heteroatoms. The second-order valence-electron chi connectivity index (χ2n) is 6.04. The maximum Gasteiger partial charge on any atom is 0.312 e. The Morgan fingerprint density at radius 3 is 2.50 bits per heavy atom. The SMILES string of the molecule is CC(C)CC(NC(N)=O)C(=O)NCc1ccc(-n2ccnc2)cc1. The average molecular weight is 329 g/mol. The number of benzene rings is 1. The lowest BCUT2D eigenvalue weighted by atomic mass is 10.0. The molecule has 1 unspecified atom stereocenters. The largest absolute Gasteiger partial charge is 0.352 e. The van der Waals surface area contributed by atoms with Crippen molar-refractivity contribution in [3.63, 3.8) is 0 Å². The summed E-state index contributed by atoms with van der Waals surface area (Å²) in [7, 11) is 0. The highest BCUT2D eigenvalue weighted by Crippen LogP contribution is 2.10. The van der Waals surface area contributed by atoms with Gasteiger partial charge >= 0.3 is 6.03 Å². The molecular formula is C17H23N5O2. The van der Waals surface area contributed by atoms with Crippen LogP contribution in [0, 0.1) is 5.92 Å². The fourth-order valence-corrected chi connectivity index (χ4v) is 2.38. The van der Waals surface area contributed by atoms with Crippen molar-refractivity contribution in [1.29, 1.82) is 0 Å². The zero-order valence-corrected chi connectivity index (χ0v) is 13.9. The lowest BCUT2D eigenvalue weighted by molar-refractivity contribution is -0.123. The molecule has 128 valence electrons. The van der Waals surface area contributed by atoms with Gasteiger partial charge in [-0.1, -0.05) is 26.0 Å². The quantitative estimate of drug-likeness (QED) is 0.718. The van der Waals surface area contributed by atoms with E-state index in [-0.39, 0.29) is 11.8 Å². The van der Waals surface area contributed by atoms with Gasteiger partial charge in [-0.3, -0.25) is 4.79 Å². The van der Waals surface area contributed by atoms with Gasteiger partial charge in [-0.2, -0.15) is 0 Å². The van der Waals surface area contributed by atoms with Crippen molar-refractivity contribution in [3.05, 3.63) is 48.5 Å². The highest BCUT2D eigenvalue weighted by Gasteiger charge is 2.20. The number of nitrogens with two attached hydrogens (primary N) is 1. The number of imidazole rings is 1. The first-order valence-corrected chi connectivity index (χ1v) is 7.86. The van der Waals surface area contributed by atoms with Crippen molar-refractivity contribution < 1.29 is 9.59 Å². The topological polar surface area (TPSA) is 102 Å². The monoisotopic (exact) mass is 329 g/mol. The van der Waals surface area contributed by atoms with Gasteiger partial charge in [0.05, 0.1) is 6.33 Å². The fourth-order valence-electron chi connectivity index (χ4n) is 2.38. The van der Waals surface area contributed by atoms with E-state index in [0.29, 0.717) is 13.0 Å². The van der Waals surface area contributed by atoms with Crippen LogP contribution in [0.2, 0.25) is 0 Å². The van der Waals surface area contributed by atoms with Crippen LogP contribution < -0.4 is 16.4 Å². The van der Waals surface area contributed by atoms with E-state index in [9.17, 15) is 9.59 Å². The van der Waals surface area contributed by atoms with Crippen LogP contribution in [-0.4, -0.2) is 27.5 Å². The number of amides is 3. The summed E-state index contributed by atoms with van der Waals surface area (Å²) in [5.74, 6) is 0.0308. The van der Waals surface area contributed by atoms with Crippen LogP contribution in [0.4, 0.5) is 4.79 Å². The fraction of sp³-hybridized carbons (Fsp3) is 0.353. The molecule has 0 saturated carbocycles. The van der Waals surface area contributed by atoms with Crippen molar-refractivity contribution in [1.82, 2.24) is 20.2 Å². The third kappa shape index (κ3) is 5.12. The van der Waals surface area contributed by atoms with Gasteiger partial charge in [-0.25, -0.2) is 9.78 Å². The first kappa shape index (κ1) is 17.5. The Kier molecular flexibility index (Phi) is 5.95. The number of rotatable bonds is 7. The second-order valence-corrected chi connectivity index (χ2v) is 6.04. The molecule has 24 heavy (non-hydrogen) atoms. The molecule has 0 fully saturated rings. The lowest BCUT2D eigenvalue weighted by Crippen LogP contribution is -2.49. The summed E-state index contributed by atoms with van der Waals surface area (Å²) >= 11 is 0. The second kappa shape index (κ2) is 8.14. The molecule has 0 bridgehead atoms. The molecule has 2 rings (SSSR count). The molecule has 1 heterocycles. The average Bonchev–Trinajstić information content (AvgIpc) is 3.06. The summed E-state index contributed by atoms with van der Waals surface area (Å²) in [6.45, 7) is 4.35. The highest BCUT2D eigenvalue weighted by molar-refractivity contribution is 5.86. The summed E-state index contributed by atoms with van der Waals surface area (Å²) in [4.78, 5) is 27.3. The van der Waals surface area contributed by atoms with Crippen LogP contribution in [0.5, 0.6) is 0 Å². The molecule has 0 aliphatic rings. The Morgan fingerprint density at radius 2 is 1.96 bits per heavy atom. The normalized spacial score (nSPS) is 12.0.